The van der Waals surface area contributed by atoms with Crippen LogP contribution in [-0.2, 0) is 14.3 Å². The third-order valence-electron chi connectivity index (χ3n) is 10.1. The normalized spacial score (nSPS) is 22.3. The van der Waals surface area contributed by atoms with Crippen LogP contribution in [0.15, 0.2) is 12.2 Å². The number of carbonyl (C=O) groups excluding carboxylic acids is 1. The Balaban J connectivity index is 2.33. The average molecular weight is 714 g/mol. The topological polar surface area (TPSA) is 149 Å². The second-order valence-electron chi connectivity index (χ2n) is 14.8. The number of hydrogen-bond donors (Lipinski definition) is 6. The van der Waals surface area contributed by atoms with Crippen LogP contribution in [-0.4, -0.2) is 87.5 Å². The lowest BCUT2D eigenvalue weighted by atomic mass is 9.99. The van der Waals surface area contributed by atoms with Crippen molar-refractivity contribution in [3.8, 4) is 0 Å². The van der Waals surface area contributed by atoms with Gasteiger partial charge in [-0.15, -0.1) is 0 Å². The maximum atomic E-state index is 12.9. The summed E-state index contributed by atoms with van der Waals surface area (Å²) in [6.45, 7) is 3.74. The quantitative estimate of drug-likeness (QED) is 0.0293. The van der Waals surface area contributed by atoms with E-state index in [2.05, 4.69) is 19.2 Å². The van der Waals surface area contributed by atoms with Crippen molar-refractivity contribution in [2.45, 2.75) is 230 Å². The number of ether oxygens (including phenoxy) is 2. The molecule has 50 heavy (non-hydrogen) atoms. The van der Waals surface area contributed by atoms with Crippen LogP contribution < -0.4 is 5.32 Å². The first-order valence-corrected chi connectivity index (χ1v) is 20.9. The van der Waals surface area contributed by atoms with E-state index in [0.717, 1.165) is 38.5 Å². The Kier molecular flexibility index (Phi) is 30.6. The highest BCUT2D eigenvalue weighted by Gasteiger charge is 2.44. The molecular weight excluding hydrogens is 634 g/mol. The van der Waals surface area contributed by atoms with Crippen LogP contribution in [0.3, 0.4) is 0 Å². The van der Waals surface area contributed by atoms with Crippen LogP contribution in [0.1, 0.15) is 187 Å². The fraction of sp³-hybridized carbons (Fsp3) is 0.927. The fourth-order valence-electron chi connectivity index (χ4n) is 6.68. The number of carbonyl (C=O) groups is 1. The van der Waals surface area contributed by atoms with E-state index in [1.807, 2.05) is 6.08 Å². The maximum absolute atomic E-state index is 12.9. The Morgan fingerprint density at radius 3 is 1.56 bits per heavy atom. The summed E-state index contributed by atoms with van der Waals surface area (Å²) in [7, 11) is 0. The minimum atomic E-state index is -1.56. The summed E-state index contributed by atoms with van der Waals surface area (Å²) < 4.78 is 11.2. The van der Waals surface area contributed by atoms with Gasteiger partial charge in [0.05, 0.1) is 25.4 Å². The van der Waals surface area contributed by atoms with Crippen molar-refractivity contribution in [1.29, 1.82) is 0 Å². The molecule has 0 spiro atoms. The maximum Gasteiger partial charge on any atom is 0.220 e. The Hall–Kier alpha value is -1.07. The molecule has 0 aromatic carbocycles. The standard InChI is InChI=1S/C41H79NO8/c1-3-5-7-9-11-13-14-15-16-17-18-19-20-21-23-25-27-29-31-37(45)42-34(35(44)30-28-26-24-22-12-10-8-6-4-2)33-49-41-40(48)39(47)38(46)36(32-43)50-41/h28,30,34-36,38-41,43-44,46-48H,3-27,29,31-33H2,1-2H3,(H,42,45)/b30-28+/t34-,35+,36+,38+,39?,40?,41+/m0/s1. The highest BCUT2D eigenvalue weighted by Crippen LogP contribution is 2.22. The first-order chi connectivity index (χ1) is 24.3. The molecule has 0 aromatic heterocycles. The molecule has 296 valence electrons. The summed E-state index contributed by atoms with van der Waals surface area (Å²) in [5.41, 5.74) is 0. The van der Waals surface area contributed by atoms with Crippen molar-refractivity contribution in [2.75, 3.05) is 13.2 Å². The summed E-state index contributed by atoms with van der Waals surface area (Å²) in [5.74, 6) is -0.177. The summed E-state index contributed by atoms with van der Waals surface area (Å²) in [6, 6.07) is -0.796. The zero-order chi connectivity index (χ0) is 36.7. The molecule has 0 saturated carbocycles. The van der Waals surface area contributed by atoms with Crippen LogP contribution in [0.2, 0.25) is 0 Å². The number of aliphatic hydroxyl groups excluding tert-OH is 5. The van der Waals surface area contributed by atoms with Crippen LogP contribution in [0.5, 0.6) is 0 Å². The van der Waals surface area contributed by atoms with E-state index in [1.165, 1.54) is 128 Å². The highest BCUT2D eigenvalue weighted by molar-refractivity contribution is 5.76. The smallest absolute Gasteiger partial charge is 0.220 e. The summed E-state index contributed by atoms with van der Waals surface area (Å²) in [6.07, 6.45) is 28.3. The van der Waals surface area contributed by atoms with Gasteiger partial charge in [0.1, 0.15) is 24.4 Å². The number of hydrogen-bond acceptors (Lipinski definition) is 8. The molecular formula is C41H79NO8. The monoisotopic (exact) mass is 714 g/mol. The summed E-state index contributed by atoms with van der Waals surface area (Å²) in [5, 5.41) is 53.9. The van der Waals surface area contributed by atoms with Gasteiger partial charge >= 0.3 is 0 Å². The molecule has 0 aliphatic carbocycles. The van der Waals surface area contributed by atoms with Gasteiger partial charge in [-0.1, -0.05) is 174 Å². The van der Waals surface area contributed by atoms with Gasteiger partial charge in [0.15, 0.2) is 6.29 Å². The summed E-state index contributed by atoms with van der Waals surface area (Å²) >= 11 is 0. The molecule has 9 nitrogen and oxygen atoms in total. The molecule has 1 heterocycles. The Morgan fingerprint density at radius 1 is 0.660 bits per heavy atom. The van der Waals surface area contributed by atoms with Crippen molar-refractivity contribution in [2.24, 2.45) is 0 Å². The zero-order valence-corrected chi connectivity index (χ0v) is 32.2. The molecule has 0 bridgehead atoms. The summed E-state index contributed by atoms with van der Waals surface area (Å²) in [4.78, 5) is 12.9. The van der Waals surface area contributed by atoms with Crippen LogP contribution in [0.4, 0.5) is 0 Å². The molecule has 1 aliphatic rings. The molecule has 1 saturated heterocycles. The number of unbranched alkanes of at least 4 members (excludes halogenated alkanes) is 24. The molecule has 9 heteroatoms. The predicted octanol–water partition coefficient (Wildman–Crippen LogP) is 7.78. The molecule has 1 fully saturated rings. The average Bonchev–Trinajstić information content (AvgIpc) is 3.11. The molecule has 1 amide bonds. The van der Waals surface area contributed by atoms with E-state index in [0.29, 0.717) is 6.42 Å². The van der Waals surface area contributed by atoms with E-state index in [-0.39, 0.29) is 12.5 Å². The molecule has 1 rings (SSSR count). The zero-order valence-electron chi connectivity index (χ0n) is 32.2. The van der Waals surface area contributed by atoms with Crippen molar-refractivity contribution in [3.63, 3.8) is 0 Å². The van der Waals surface area contributed by atoms with Crippen molar-refractivity contribution >= 4 is 5.91 Å². The molecule has 0 aromatic rings. The second-order valence-corrected chi connectivity index (χ2v) is 14.8. The van der Waals surface area contributed by atoms with E-state index in [9.17, 15) is 30.3 Å². The minimum absolute atomic E-state index is 0.177. The molecule has 2 unspecified atom stereocenters. The van der Waals surface area contributed by atoms with Crippen LogP contribution >= 0.6 is 0 Å². The fourth-order valence-corrected chi connectivity index (χ4v) is 6.68. The minimum Gasteiger partial charge on any atom is -0.394 e. The van der Waals surface area contributed by atoms with Gasteiger partial charge in [-0.3, -0.25) is 4.79 Å². The van der Waals surface area contributed by atoms with E-state index in [4.69, 9.17) is 9.47 Å². The van der Waals surface area contributed by atoms with Crippen molar-refractivity contribution in [3.05, 3.63) is 12.2 Å². The van der Waals surface area contributed by atoms with Crippen LogP contribution in [0, 0.1) is 0 Å². The lowest BCUT2D eigenvalue weighted by Crippen LogP contribution is -2.60. The molecule has 1 aliphatic heterocycles. The SMILES string of the molecule is CCCCCCCCC/C=C/[C@@H](O)[C@H](CO[C@@H]1O[C@H](CO)[C@@H](O)C(O)C1O)NC(=O)CCCCCCCCCCCCCCCCCCCC. The predicted molar refractivity (Wildman–Crippen MR) is 203 cm³/mol. The van der Waals surface area contributed by atoms with Crippen molar-refractivity contribution in [1.82, 2.24) is 5.32 Å². The Labute approximate surface area is 306 Å². The van der Waals surface area contributed by atoms with Gasteiger partial charge < -0.3 is 40.3 Å². The van der Waals surface area contributed by atoms with E-state index in [1.54, 1.807) is 6.08 Å². The van der Waals surface area contributed by atoms with Gasteiger partial charge in [0.2, 0.25) is 5.91 Å². The number of allylic oxidation sites excluding steroid dienone is 1. The van der Waals surface area contributed by atoms with Gasteiger partial charge in [0, 0.05) is 6.42 Å². The van der Waals surface area contributed by atoms with Crippen LogP contribution in [0.25, 0.3) is 0 Å². The Morgan fingerprint density at radius 2 is 1.10 bits per heavy atom. The first kappa shape index (κ1) is 47.0. The third-order valence-corrected chi connectivity index (χ3v) is 10.1. The van der Waals surface area contributed by atoms with E-state index < -0.39 is 49.5 Å². The lowest BCUT2D eigenvalue weighted by Gasteiger charge is -2.40. The van der Waals surface area contributed by atoms with Gasteiger partial charge in [0.25, 0.3) is 0 Å². The van der Waals surface area contributed by atoms with Gasteiger partial charge in [-0.25, -0.2) is 0 Å². The van der Waals surface area contributed by atoms with E-state index >= 15 is 0 Å². The molecule has 0 radical (unpaired) electrons. The second kappa shape index (κ2) is 32.6. The van der Waals surface area contributed by atoms with Crippen molar-refractivity contribution < 1.29 is 39.8 Å². The number of nitrogens with one attached hydrogen (secondary N) is 1. The number of aliphatic hydroxyl groups is 5. The number of amides is 1. The largest absolute Gasteiger partial charge is 0.394 e. The Bertz CT molecular complexity index is 797. The molecule has 7 atom stereocenters. The molecule has 6 N–H and O–H groups in total. The van der Waals surface area contributed by atoms with Gasteiger partial charge in [-0.2, -0.15) is 0 Å². The van der Waals surface area contributed by atoms with Gasteiger partial charge in [-0.05, 0) is 19.3 Å². The third kappa shape index (κ3) is 23.5. The highest BCUT2D eigenvalue weighted by atomic mass is 16.7. The lowest BCUT2D eigenvalue weighted by molar-refractivity contribution is -0.302. The number of rotatable bonds is 34. The first-order valence-electron chi connectivity index (χ1n) is 20.9.